The van der Waals surface area contributed by atoms with E-state index in [1.54, 1.807) is 17.5 Å². The molecule has 0 aromatic carbocycles. The first kappa shape index (κ1) is 11.8. The molecule has 0 bridgehead atoms. The Kier molecular flexibility index (Phi) is 3.86. The Hall–Kier alpha value is -1.70. The fraction of sp³-hybridized carbons (Fsp3) is 0.231. The zero-order chi connectivity index (χ0) is 12.1. The Morgan fingerprint density at radius 3 is 3.00 bits per heavy atom. The molecule has 17 heavy (non-hydrogen) atoms. The zero-order valence-corrected chi connectivity index (χ0v) is 10.4. The van der Waals surface area contributed by atoms with Crippen LogP contribution in [-0.2, 0) is 13.1 Å². The number of rotatable bonds is 4. The highest BCUT2D eigenvalue weighted by atomic mass is 32.1. The van der Waals surface area contributed by atoms with E-state index in [0.717, 1.165) is 18.7 Å². The average molecular weight is 243 g/mol. The Labute approximate surface area is 105 Å². The molecule has 0 saturated heterocycles. The normalized spacial score (nSPS) is 10.4. The summed E-state index contributed by atoms with van der Waals surface area (Å²) < 4.78 is 0. The molecule has 2 aromatic heterocycles. The number of aromatic nitrogens is 1. The van der Waals surface area contributed by atoms with Crippen LogP contribution < -0.4 is 0 Å². The van der Waals surface area contributed by atoms with Crippen molar-refractivity contribution >= 4 is 11.3 Å². The minimum absolute atomic E-state index is 0.479. The quantitative estimate of drug-likeness (QED) is 0.828. The van der Waals surface area contributed by atoms with Crippen LogP contribution in [0.25, 0.3) is 0 Å². The fourth-order valence-electron chi connectivity index (χ4n) is 1.67. The van der Waals surface area contributed by atoms with E-state index in [4.69, 9.17) is 5.26 Å². The lowest BCUT2D eigenvalue weighted by molar-refractivity contribution is 0.322. The molecule has 0 N–H and O–H groups in total. The van der Waals surface area contributed by atoms with E-state index in [1.165, 1.54) is 4.88 Å². The molecule has 0 unspecified atom stereocenters. The lowest BCUT2D eigenvalue weighted by Crippen LogP contribution is -2.16. The molecule has 0 atom stereocenters. The van der Waals surface area contributed by atoms with Crippen LogP contribution in [0.15, 0.2) is 35.8 Å². The fourth-order valence-corrected chi connectivity index (χ4v) is 2.45. The Balaban J connectivity index is 1.98. The van der Waals surface area contributed by atoms with E-state index in [0.29, 0.717) is 5.69 Å². The third-order valence-electron chi connectivity index (χ3n) is 2.40. The summed E-state index contributed by atoms with van der Waals surface area (Å²) >= 11 is 1.76. The molecule has 4 heteroatoms. The lowest BCUT2D eigenvalue weighted by Gasteiger charge is -2.15. The van der Waals surface area contributed by atoms with Crippen LogP contribution in [0.5, 0.6) is 0 Å². The van der Waals surface area contributed by atoms with Crippen molar-refractivity contribution in [2.45, 2.75) is 13.1 Å². The number of thiophene rings is 1. The van der Waals surface area contributed by atoms with Crippen LogP contribution in [0.2, 0.25) is 0 Å². The number of hydrogen-bond donors (Lipinski definition) is 0. The van der Waals surface area contributed by atoms with Crippen molar-refractivity contribution in [1.29, 1.82) is 5.26 Å². The highest BCUT2D eigenvalue weighted by molar-refractivity contribution is 7.09. The smallest absolute Gasteiger partial charge is 0.140 e. The van der Waals surface area contributed by atoms with Gasteiger partial charge in [0.2, 0.25) is 0 Å². The van der Waals surface area contributed by atoms with Gasteiger partial charge in [-0.2, -0.15) is 5.26 Å². The second-order valence-electron chi connectivity index (χ2n) is 3.91. The van der Waals surface area contributed by atoms with Gasteiger partial charge >= 0.3 is 0 Å². The third kappa shape index (κ3) is 3.38. The van der Waals surface area contributed by atoms with Crippen molar-refractivity contribution in [1.82, 2.24) is 9.88 Å². The molecule has 3 nitrogen and oxygen atoms in total. The molecule has 0 saturated carbocycles. The van der Waals surface area contributed by atoms with Crippen molar-refractivity contribution < 1.29 is 0 Å². The van der Waals surface area contributed by atoms with Gasteiger partial charge in [0.05, 0.1) is 0 Å². The van der Waals surface area contributed by atoms with Gasteiger partial charge in [-0.3, -0.25) is 4.90 Å². The highest BCUT2D eigenvalue weighted by Crippen LogP contribution is 2.13. The Bertz CT molecular complexity index is 514. The predicted octanol–water partition coefficient (Wildman–Crippen LogP) is 2.65. The maximum atomic E-state index is 8.78. The van der Waals surface area contributed by atoms with E-state index in [1.807, 2.05) is 12.1 Å². The van der Waals surface area contributed by atoms with Crippen LogP contribution >= 0.6 is 11.3 Å². The molecule has 0 aliphatic rings. The molecule has 2 heterocycles. The SMILES string of the molecule is CN(Cc1ccnc(C#N)c1)Cc1cccs1. The molecule has 0 radical (unpaired) electrons. The van der Waals surface area contributed by atoms with E-state index in [2.05, 4.69) is 40.5 Å². The Morgan fingerprint density at radius 2 is 2.29 bits per heavy atom. The van der Waals surface area contributed by atoms with Gasteiger partial charge in [-0.25, -0.2) is 4.98 Å². The summed E-state index contributed by atoms with van der Waals surface area (Å²) in [6, 6.07) is 10.0. The van der Waals surface area contributed by atoms with Gasteiger partial charge < -0.3 is 0 Å². The Morgan fingerprint density at radius 1 is 1.41 bits per heavy atom. The summed E-state index contributed by atoms with van der Waals surface area (Å²) in [7, 11) is 2.08. The van der Waals surface area contributed by atoms with Crippen LogP contribution in [0, 0.1) is 11.3 Å². The summed E-state index contributed by atoms with van der Waals surface area (Å²) in [5, 5.41) is 10.9. The van der Waals surface area contributed by atoms with E-state index in [9.17, 15) is 0 Å². The standard InChI is InChI=1S/C13H13N3S/c1-16(10-13-3-2-6-17-13)9-11-4-5-15-12(7-11)8-14/h2-7H,9-10H2,1H3. The molecule has 2 aromatic rings. The van der Waals surface area contributed by atoms with Gasteiger partial charge in [0.1, 0.15) is 11.8 Å². The van der Waals surface area contributed by atoms with Crippen molar-refractivity contribution in [2.24, 2.45) is 0 Å². The van der Waals surface area contributed by atoms with Gasteiger partial charge in [0.15, 0.2) is 0 Å². The van der Waals surface area contributed by atoms with Crippen molar-refractivity contribution in [3.63, 3.8) is 0 Å². The van der Waals surface area contributed by atoms with Crippen LogP contribution in [0.1, 0.15) is 16.1 Å². The molecular formula is C13H13N3S. The first-order valence-corrected chi connectivity index (χ1v) is 6.22. The van der Waals surface area contributed by atoms with Crippen molar-refractivity contribution in [2.75, 3.05) is 7.05 Å². The largest absolute Gasteiger partial charge is 0.297 e. The van der Waals surface area contributed by atoms with Gasteiger partial charge in [-0.1, -0.05) is 6.07 Å². The molecule has 0 aliphatic carbocycles. The second kappa shape index (κ2) is 5.58. The minimum Gasteiger partial charge on any atom is -0.297 e. The highest BCUT2D eigenvalue weighted by Gasteiger charge is 2.03. The molecule has 0 spiro atoms. The van der Waals surface area contributed by atoms with Gasteiger partial charge in [0, 0.05) is 24.2 Å². The maximum absolute atomic E-state index is 8.78. The number of hydrogen-bond acceptors (Lipinski definition) is 4. The van der Waals surface area contributed by atoms with Crippen LogP contribution in [0.3, 0.4) is 0 Å². The van der Waals surface area contributed by atoms with E-state index in [-0.39, 0.29) is 0 Å². The molecule has 0 aliphatic heterocycles. The van der Waals surface area contributed by atoms with Gasteiger partial charge in [-0.05, 0) is 36.2 Å². The molecule has 2 rings (SSSR count). The topological polar surface area (TPSA) is 39.9 Å². The minimum atomic E-state index is 0.479. The van der Waals surface area contributed by atoms with Crippen molar-refractivity contribution in [3.8, 4) is 6.07 Å². The third-order valence-corrected chi connectivity index (χ3v) is 3.26. The zero-order valence-electron chi connectivity index (χ0n) is 9.63. The molecular weight excluding hydrogens is 230 g/mol. The number of nitriles is 1. The first-order valence-electron chi connectivity index (χ1n) is 5.34. The van der Waals surface area contributed by atoms with E-state index >= 15 is 0 Å². The summed E-state index contributed by atoms with van der Waals surface area (Å²) in [6.45, 7) is 1.76. The van der Waals surface area contributed by atoms with Gasteiger partial charge in [-0.15, -0.1) is 11.3 Å². The summed E-state index contributed by atoms with van der Waals surface area (Å²) in [6.07, 6.45) is 1.69. The molecule has 86 valence electrons. The lowest BCUT2D eigenvalue weighted by atomic mass is 10.2. The summed E-state index contributed by atoms with van der Waals surface area (Å²) in [4.78, 5) is 7.54. The molecule has 0 fully saturated rings. The molecule has 0 amide bonds. The first-order chi connectivity index (χ1) is 8.28. The van der Waals surface area contributed by atoms with Crippen molar-refractivity contribution in [3.05, 3.63) is 52.0 Å². The van der Waals surface area contributed by atoms with Crippen LogP contribution in [-0.4, -0.2) is 16.9 Å². The number of nitrogens with zero attached hydrogens (tertiary/aromatic N) is 3. The maximum Gasteiger partial charge on any atom is 0.140 e. The average Bonchev–Trinajstić information content (AvgIpc) is 2.82. The monoisotopic (exact) mass is 243 g/mol. The summed E-state index contributed by atoms with van der Waals surface area (Å²) in [5.74, 6) is 0. The van der Waals surface area contributed by atoms with Crippen LogP contribution in [0.4, 0.5) is 0 Å². The summed E-state index contributed by atoms with van der Waals surface area (Å²) in [5.41, 5.74) is 1.60. The second-order valence-corrected chi connectivity index (χ2v) is 4.95. The van der Waals surface area contributed by atoms with E-state index < -0.39 is 0 Å². The predicted molar refractivity (Wildman–Crippen MR) is 68.4 cm³/mol. The van der Waals surface area contributed by atoms with Gasteiger partial charge in [0.25, 0.3) is 0 Å². The number of pyridine rings is 1.